The van der Waals surface area contributed by atoms with Gasteiger partial charge >= 0.3 is 0 Å². The van der Waals surface area contributed by atoms with Gasteiger partial charge in [0.25, 0.3) is 10.1 Å². The van der Waals surface area contributed by atoms with Crippen LogP contribution in [0, 0.1) is 0 Å². The fourth-order valence-corrected chi connectivity index (χ4v) is 5.52. The number of phenolic OH excluding ortho intramolecular Hbond substituents is 2. The zero-order chi connectivity index (χ0) is 21.6. The van der Waals surface area contributed by atoms with Crippen molar-refractivity contribution in [3.05, 3.63) is 91.4 Å². The molecule has 0 aliphatic heterocycles. The van der Waals surface area contributed by atoms with Crippen molar-refractivity contribution in [3.8, 4) is 11.5 Å². The largest absolute Gasteiger partial charge is 0.506 e. The molecule has 0 aliphatic rings. The molecule has 0 amide bonds. The van der Waals surface area contributed by atoms with E-state index in [0.29, 0.717) is 0 Å². The predicted molar refractivity (Wildman–Crippen MR) is 114 cm³/mol. The van der Waals surface area contributed by atoms with Crippen LogP contribution in [0.1, 0.15) is 16.7 Å². The third-order valence-electron chi connectivity index (χ3n) is 4.43. The van der Waals surface area contributed by atoms with Crippen LogP contribution in [0.4, 0.5) is 0 Å². The lowest BCUT2D eigenvalue weighted by Gasteiger charge is -2.34. The Kier molecular flexibility index (Phi) is 5.98. The molecule has 0 atom stereocenters. The minimum Gasteiger partial charge on any atom is -0.506 e. The lowest BCUT2D eigenvalue weighted by atomic mass is 9.83. The van der Waals surface area contributed by atoms with Crippen LogP contribution in [0.15, 0.2) is 54.6 Å². The second-order valence-electron chi connectivity index (χ2n) is 6.05. The van der Waals surface area contributed by atoms with Crippen molar-refractivity contribution in [2.24, 2.45) is 0 Å². The summed E-state index contributed by atoms with van der Waals surface area (Å²) in [7, 11) is -5.16. The van der Waals surface area contributed by atoms with Crippen molar-refractivity contribution in [1.82, 2.24) is 0 Å². The van der Waals surface area contributed by atoms with Crippen molar-refractivity contribution in [3.63, 3.8) is 0 Å². The van der Waals surface area contributed by atoms with Crippen LogP contribution >= 0.6 is 46.4 Å². The Balaban J connectivity index is 2.65. The van der Waals surface area contributed by atoms with Crippen molar-refractivity contribution in [2.75, 3.05) is 0 Å². The van der Waals surface area contributed by atoms with Crippen molar-refractivity contribution >= 4 is 56.5 Å². The van der Waals surface area contributed by atoms with Crippen molar-refractivity contribution in [2.45, 2.75) is 4.75 Å². The normalized spacial score (nSPS) is 12.2. The predicted octanol–water partition coefficient (Wildman–Crippen LogP) is 5.89. The summed E-state index contributed by atoms with van der Waals surface area (Å²) < 4.78 is 33.9. The lowest BCUT2D eigenvalue weighted by Crippen LogP contribution is -2.38. The summed E-state index contributed by atoms with van der Waals surface area (Å²) in [5, 5.41) is 21.0. The number of para-hydroxylation sites is 2. The highest BCUT2D eigenvalue weighted by atomic mass is 35.5. The first-order valence-electron chi connectivity index (χ1n) is 7.90. The molecule has 0 saturated carbocycles. The van der Waals surface area contributed by atoms with Gasteiger partial charge in [0.2, 0.25) is 0 Å². The van der Waals surface area contributed by atoms with Gasteiger partial charge in [0.05, 0.1) is 10.0 Å². The fourth-order valence-electron chi connectivity index (χ4n) is 3.23. The molecule has 152 valence electrons. The second-order valence-corrected chi connectivity index (χ2v) is 9.27. The summed E-state index contributed by atoms with van der Waals surface area (Å²) in [6.45, 7) is 0. The number of rotatable bonds is 4. The van der Waals surface area contributed by atoms with Crippen LogP contribution in [-0.2, 0) is 14.9 Å². The maximum atomic E-state index is 13.0. The smallest absolute Gasteiger partial charge is 0.283 e. The molecule has 5 nitrogen and oxygen atoms in total. The van der Waals surface area contributed by atoms with Gasteiger partial charge < -0.3 is 10.2 Å². The van der Waals surface area contributed by atoms with E-state index in [2.05, 4.69) is 0 Å². The van der Waals surface area contributed by atoms with E-state index in [9.17, 15) is 23.2 Å². The molecule has 0 aromatic heterocycles. The SMILES string of the molecule is O=S(=O)(O)C(c1ccc(Cl)cc1Cl)(c1cccc(Cl)c1O)c1cccc(Cl)c1O. The first-order chi connectivity index (χ1) is 13.5. The number of hydrogen-bond acceptors (Lipinski definition) is 4. The fraction of sp³-hybridized carbons (Fsp3) is 0.0526. The van der Waals surface area contributed by atoms with E-state index >= 15 is 0 Å². The van der Waals surface area contributed by atoms with Crippen molar-refractivity contribution < 1.29 is 23.2 Å². The Morgan fingerprint density at radius 2 is 1.17 bits per heavy atom. The topological polar surface area (TPSA) is 94.8 Å². The molecule has 0 aliphatic carbocycles. The maximum Gasteiger partial charge on any atom is 0.283 e. The van der Waals surface area contributed by atoms with Crippen LogP contribution in [0.2, 0.25) is 20.1 Å². The first-order valence-corrected chi connectivity index (χ1v) is 10.9. The quantitative estimate of drug-likeness (QED) is 0.311. The van der Waals surface area contributed by atoms with Crippen LogP contribution in [0.5, 0.6) is 11.5 Å². The van der Waals surface area contributed by atoms with Gasteiger partial charge in [-0.25, -0.2) is 0 Å². The molecule has 29 heavy (non-hydrogen) atoms. The summed E-state index contributed by atoms with van der Waals surface area (Å²) in [5.74, 6) is -1.26. The average Bonchev–Trinajstić information content (AvgIpc) is 2.62. The maximum absolute atomic E-state index is 13.0. The summed E-state index contributed by atoms with van der Waals surface area (Å²) in [6, 6.07) is 11.8. The van der Waals surface area contributed by atoms with E-state index in [0.717, 1.165) is 0 Å². The Labute approximate surface area is 186 Å². The van der Waals surface area contributed by atoms with Crippen LogP contribution in [0.25, 0.3) is 0 Å². The summed E-state index contributed by atoms with van der Waals surface area (Å²) in [5.41, 5.74) is -0.857. The van der Waals surface area contributed by atoms with E-state index in [-0.39, 0.29) is 36.8 Å². The second kappa shape index (κ2) is 7.87. The van der Waals surface area contributed by atoms with Gasteiger partial charge in [-0.05, 0) is 24.3 Å². The highest BCUT2D eigenvalue weighted by molar-refractivity contribution is 7.87. The molecule has 0 bridgehead atoms. The van der Waals surface area contributed by atoms with E-state index < -0.39 is 26.4 Å². The molecule has 10 heteroatoms. The first kappa shape index (κ1) is 22.0. The number of benzene rings is 3. The molecule has 3 N–H and O–H groups in total. The summed E-state index contributed by atoms with van der Waals surface area (Å²) in [6.07, 6.45) is 0. The summed E-state index contributed by atoms with van der Waals surface area (Å²) in [4.78, 5) is 0. The van der Waals surface area contributed by atoms with E-state index in [1.54, 1.807) is 0 Å². The Morgan fingerprint density at radius 3 is 1.59 bits per heavy atom. The monoisotopic (exact) mass is 492 g/mol. The molecular formula is C19H12Cl4O5S. The molecular weight excluding hydrogens is 482 g/mol. The van der Waals surface area contributed by atoms with Crippen LogP contribution < -0.4 is 0 Å². The van der Waals surface area contributed by atoms with Crippen molar-refractivity contribution in [1.29, 1.82) is 0 Å². The zero-order valence-corrected chi connectivity index (χ0v) is 18.1. The van der Waals surface area contributed by atoms with Gasteiger partial charge in [-0.1, -0.05) is 76.7 Å². The third kappa shape index (κ3) is 3.54. The van der Waals surface area contributed by atoms with E-state index in [1.807, 2.05) is 0 Å². The van der Waals surface area contributed by atoms with E-state index in [1.165, 1.54) is 54.6 Å². The number of phenols is 2. The Morgan fingerprint density at radius 1 is 0.690 bits per heavy atom. The highest BCUT2D eigenvalue weighted by Gasteiger charge is 2.53. The van der Waals surface area contributed by atoms with Gasteiger partial charge in [-0.2, -0.15) is 8.42 Å². The molecule has 0 unspecified atom stereocenters. The van der Waals surface area contributed by atoms with Crippen LogP contribution in [0.3, 0.4) is 0 Å². The van der Waals surface area contributed by atoms with Gasteiger partial charge in [-0.3, -0.25) is 4.55 Å². The lowest BCUT2D eigenvalue weighted by molar-refractivity contribution is 0.428. The molecule has 0 heterocycles. The zero-order valence-electron chi connectivity index (χ0n) is 14.3. The number of aromatic hydroxyl groups is 2. The average molecular weight is 494 g/mol. The molecule has 3 aromatic carbocycles. The highest BCUT2D eigenvalue weighted by Crippen LogP contribution is 2.53. The minimum absolute atomic E-state index is 0.145. The minimum atomic E-state index is -5.16. The number of hydrogen-bond donors (Lipinski definition) is 3. The summed E-state index contributed by atoms with van der Waals surface area (Å²) >= 11 is 24.3. The third-order valence-corrected chi connectivity index (χ3v) is 7.02. The number of halogens is 4. The molecule has 0 fully saturated rings. The van der Waals surface area contributed by atoms with Gasteiger partial charge in [0.15, 0.2) is 4.75 Å². The Bertz CT molecular complexity index is 1160. The van der Waals surface area contributed by atoms with Gasteiger partial charge in [0.1, 0.15) is 11.5 Å². The molecule has 3 aromatic rings. The molecule has 0 saturated heterocycles. The Hall–Kier alpha value is -1.67. The van der Waals surface area contributed by atoms with Gasteiger partial charge in [-0.15, -0.1) is 0 Å². The standard InChI is InChI=1S/C19H12Cl4O5S/c20-10-7-8-11(16(23)9-10)19(29(26,27)28,12-3-1-5-14(21)17(12)24)13-4-2-6-15(22)18(13)25/h1-9,24-25H,(H,26,27,28). The molecule has 0 spiro atoms. The van der Waals surface area contributed by atoms with Gasteiger partial charge in [0, 0.05) is 26.7 Å². The molecule has 3 rings (SSSR count). The van der Waals surface area contributed by atoms with Crippen LogP contribution in [-0.4, -0.2) is 23.2 Å². The molecule has 0 radical (unpaired) electrons. The van der Waals surface area contributed by atoms with E-state index in [4.69, 9.17) is 46.4 Å².